The van der Waals surface area contributed by atoms with E-state index in [2.05, 4.69) is 15.5 Å². The van der Waals surface area contributed by atoms with Crippen molar-refractivity contribution in [2.75, 3.05) is 38.2 Å². The number of nitrogens with zero attached hydrogens (tertiary/aromatic N) is 1. The van der Waals surface area contributed by atoms with Gasteiger partial charge in [0.25, 0.3) is 0 Å². The molecule has 2 N–H and O–H groups in total. The molecule has 0 bridgehead atoms. The number of carbonyl (C=O) groups excluding carboxylic acids is 2. The highest BCUT2D eigenvalue weighted by molar-refractivity contribution is 7.16. The molecule has 0 aliphatic carbocycles. The van der Waals surface area contributed by atoms with Crippen LogP contribution in [0.2, 0.25) is 0 Å². The zero-order valence-corrected chi connectivity index (χ0v) is 20.2. The molecular weight excluding hydrogens is 465 g/mol. The third-order valence-corrected chi connectivity index (χ3v) is 6.69. The summed E-state index contributed by atoms with van der Waals surface area (Å²) < 4.78 is 19.3. The number of amides is 2. The predicted octanol–water partition coefficient (Wildman–Crippen LogP) is 4.54. The van der Waals surface area contributed by atoms with Crippen molar-refractivity contribution in [1.82, 2.24) is 10.2 Å². The van der Waals surface area contributed by atoms with E-state index in [9.17, 15) is 14.0 Å². The predicted molar refractivity (Wildman–Crippen MR) is 138 cm³/mol. The third-order valence-electron chi connectivity index (χ3n) is 5.60. The highest BCUT2D eigenvalue weighted by Crippen LogP contribution is 2.30. The van der Waals surface area contributed by atoms with Gasteiger partial charge in [0, 0.05) is 59.7 Å². The maximum Gasteiger partial charge on any atom is 0.244 e. The molecular formula is C27H28FN3O3S. The molecule has 2 amide bonds. The van der Waals surface area contributed by atoms with Crippen LogP contribution >= 0.6 is 11.3 Å². The Hall–Kier alpha value is -3.33. The molecule has 6 nitrogen and oxygen atoms in total. The molecule has 1 saturated heterocycles. The van der Waals surface area contributed by atoms with E-state index in [1.165, 1.54) is 23.5 Å². The standard InChI is InChI=1S/C27H28FN3O3S/c28-24-7-2-1-6-23(24)25-10-8-22(35-25)9-11-26(32)29-19-20-4-3-5-21(18-20)30-27(33)12-13-31-14-16-34-17-15-31/h1-11,18H,12-17,19H2,(H,29,32)(H,30,33)/b11-9+. The van der Waals surface area contributed by atoms with Crippen molar-refractivity contribution >= 4 is 34.9 Å². The molecule has 182 valence electrons. The van der Waals surface area contributed by atoms with Gasteiger partial charge in [0.15, 0.2) is 0 Å². The molecule has 3 aromatic rings. The van der Waals surface area contributed by atoms with E-state index in [0.29, 0.717) is 44.0 Å². The zero-order valence-electron chi connectivity index (χ0n) is 19.3. The van der Waals surface area contributed by atoms with Crippen LogP contribution < -0.4 is 10.6 Å². The maximum absolute atomic E-state index is 14.0. The summed E-state index contributed by atoms with van der Waals surface area (Å²) in [5.74, 6) is -0.532. The van der Waals surface area contributed by atoms with Gasteiger partial charge in [-0.3, -0.25) is 14.5 Å². The SMILES string of the molecule is O=C(/C=C/c1ccc(-c2ccccc2F)s1)NCc1cccc(NC(=O)CCN2CCOCC2)c1. The Balaban J connectivity index is 1.24. The summed E-state index contributed by atoms with van der Waals surface area (Å²) >= 11 is 1.42. The van der Waals surface area contributed by atoms with Gasteiger partial charge in [0.1, 0.15) is 5.82 Å². The van der Waals surface area contributed by atoms with Gasteiger partial charge in [-0.05, 0) is 42.0 Å². The van der Waals surface area contributed by atoms with Gasteiger partial charge in [-0.2, -0.15) is 0 Å². The largest absolute Gasteiger partial charge is 0.379 e. The monoisotopic (exact) mass is 493 g/mol. The van der Waals surface area contributed by atoms with Gasteiger partial charge in [-0.15, -0.1) is 11.3 Å². The molecule has 0 spiro atoms. The lowest BCUT2D eigenvalue weighted by molar-refractivity contribution is -0.117. The van der Waals surface area contributed by atoms with E-state index < -0.39 is 0 Å². The minimum atomic E-state index is -0.266. The molecule has 4 rings (SSSR count). The second-order valence-electron chi connectivity index (χ2n) is 8.19. The fourth-order valence-corrected chi connectivity index (χ4v) is 4.66. The molecule has 0 unspecified atom stereocenters. The molecule has 1 fully saturated rings. The number of hydrogen-bond acceptors (Lipinski definition) is 5. The highest BCUT2D eigenvalue weighted by atomic mass is 32.1. The normalized spacial score (nSPS) is 14.2. The molecule has 1 aliphatic rings. The Labute approximate surface area is 208 Å². The number of anilines is 1. The van der Waals surface area contributed by atoms with Crippen molar-refractivity contribution < 1.29 is 18.7 Å². The van der Waals surface area contributed by atoms with Crippen LogP contribution in [0.15, 0.2) is 66.7 Å². The first-order valence-electron chi connectivity index (χ1n) is 11.6. The molecule has 0 radical (unpaired) electrons. The van der Waals surface area contributed by atoms with Crippen LogP contribution in [0.1, 0.15) is 16.9 Å². The van der Waals surface area contributed by atoms with E-state index in [4.69, 9.17) is 4.74 Å². The minimum absolute atomic E-state index is 0.0358. The molecule has 2 heterocycles. The number of nitrogens with one attached hydrogen (secondary N) is 2. The fourth-order valence-electron chi connectivity index (χ4n) is 3.72. The number of thiophene rings is 1. The van der Waals surface area contributed by atoms with E-state index in [1.807, 2.05) is 36.4 Å². The molecule has 2 aromatic carbocycles. The molecule has 35 heavy (non-hydrogen) atoms. The van der Waals surface area contributed by atoms with Crippen LogP contribution in [0, 0.1) is 5.82 Å². The Morgan fingerprint density at radius 3 is 2.71 bits per heavy atom. The molecule has 0 saturated carbocycles. The Morgan fingerprint density at radius 1 is 1.06 bits per heavy atom. The maximum atomic E-state index is 14.0. The van der Waals surface area contributed by atoms with E-state index in [-0.39, 0.29) is 17.6 Å². The molecule has 1 aromatic heterocycles. The van der Waals surface area contributed by atoms with Crippen molar-refractivity contribution in [3.8, 4) is 10.4 Å². The lowest BCUT2D eigenvalue weighted by atomic mass is 10.2. The van der Waals surface area contributed by atoms with Crippen molar-refractivity contribution in [2.45, 2.75) is 13.0 Å². The number of morpholine rings is 1. The molecule has 8 heteroatoms. The topological polar surface area (TPSA) is 70.7 Å². The first-order valence-corrected chi connectivity index (χ1v) is 12.4. The summed E-state index contributed by atoms with van der Waals surface area (Å²) in [5.41, 5.74) is 2.14. The van der Waals surface area contributed by atoms with Crippen LogP contribution in [-0.2, 0) is 20.9 Å². The van der Waals surface area contributed by atoms with E-state index in [1.54, 1.807) is 24.3 Å². The van der Waals surface area contributed by atoms with Gasteiger partial charge in [0.05, 0.1) is 13.2 Å². The lowest BCUT2D eigenvalue weighted by Crippen LogP contribution is -2.38. The Morgan fingerprint density at radius 2 is 1.89 bits per heavy atom. The van der Waals surface area contributed by atoms with E-state index >= 15 is 0 Å². The highest BCUT2D eigenvalue weighted by Gasteiger charge is 2.12. The summed E-state index contributed by atoms with van der Waals surface area (Å²) in [6.45, 7) is 4.19. The van der Waals surface area contributed by atoms with Crippen LogP contribution in [-0.4, -0.2) is 49.6 Å². The average Bonchev–Trinajstić information content (AvgIpc) is 3.35. The second-order valence-corrected chi connectivity index (χ2v) is 9.30. The number of carbonyl (C=O) groups is 2. The van der Waals surface area contributed by atoms with Crippen molar-refractivity contribution in [2.24, 2.45) is 0 Å². The average molecular weight is 494 g/mol. The van der Waals surface area contributed by atoms with Crippen molar-refractivity contribution in [3.63, 3.8) is 0 Å². The first-order chi connectivity index (χ1) is 17.1. The Bertz CT molecular complexity index is 1190. The van der Waals surface area contributed by atoms with E-state index in [0.717, 1.165) is 28.4 Å². The third kappa shape index (κ3) is 7.58. The van der Waals surface area contributed by atoms with Crippen LogP contribution in [0.3, 0.4) is 0 Å². The summed E-state index contributed by atoms with van der Waals surface area (Å²) in [6, 6.07) is 17.8. The molecule has 1 aliphatic heterocycles. The fraction of sp³-hybridized carbons (Fsp3) is 0.259. The quantitative estimate of drug-likeness (QED) is 0.429. The number of ether oxygens (including phenoxy) is 1. The molecule has 0 atom stereocenters. The van der Waals surface area contributed by atoms with Gasteiger partial charge in [-0.25, -0.2) is 4.39 Å². The number of rotatable bonds is 9. The summed E-state index contributed by atoms with van der Waals surface area (Å²) in [6.07, 6.45) is 3.61. The van der Waals surface area contributed by atoms with Crippen molar-refractivity contribution in [1.29, 1.82) is 0 Å². The second kappa shape index (κ2) is 12.4. The summed E-state index contributed by atoms with van der Waals surface area (Å²) in [5, 5.41) is 5.78. The lowest BCUT2D eigenvalue weighted by Gasteiger charge is -2.26. The summed E-state index contributed by atoms with van der Waals surface area (Å²) in [7, 11) is 0. The van der Waals surface area contributed by atoms with Gasteiger partial charge < -0.3 is 15.4 Å². The minimum Gasteiger partial charge on any atom is -0.379 e. The van der Waals surface area contributed by atoms with Gasteiger partial charge >= 0.3 is 0 Å². The van der Waals surface area contributed by atoms with Crippen LogP contribution in [0.5, 0.6) is 0 Å². The van der Waals surface area contributed by atoms with Gasteiger partial charge in [0.2, 0.25) is 11.8 Å². The zero-order chi connectivity index (χ0) is 24.5. The summed E-state index contributed by atoms with van der Waals surface area (Å²) in [4.78, 5) is 28.5. The van der Waals surface area contributed by atoms with Gasteiger partial charge in [-0.1, -0.05) is 30.3 Å². The number of hydrogen-bond donors (Lipinski definition) is 2. The Kier molecular flexibility index (Phi) is 8.78. The number of halogens is 1. The van der Waals surface area contributed by atoms with Crippen LogP contribution in [0.25, 0.3) is 16.5 Å². The van der Waals surface area contributed by atoms with Crippen LogP contribution in [0.4, 0.5) is 10.1 Å². The van der Waals surface area contributed by atoms with Crippen molar-refractivity contribution in [3.05, 3.63) is 83.0 Å². The number of benzene rings is 2. The smallest absolute Gasteiger partial charge is 0.244 e. The first kappa shape index (κ1) is 24.8.